The highest BCUT2D eigenvalue weighted by Crippen LogP contribution is 2.29. The van der Waals surface area contributed by atoms with Gasteiger partial charge in [0.05, 0.1) is 18.0 Å². The van der Waals surface area contributed by atoms with Crippen LogP contribution in [0.5, 0.6) is 5.75 Å². The molecule has 0 saturated heterocycles. The van der Waals surface area contributed by atoms with Gasteiger partial charge in [-0.15, -0.1) is 0 Å². The molecule has 0 unspecified atom stereocenters. The van der Waals surface area contributed by atoms with Crippen molar-refractivity contribution in [1.82, 2.24) is 9.55 Å². The fourth-order valence-corrected chi connectivity index (χ4v) is 3.07. The molecule has 23 heavy (non-hydrogen) atoms. The lowest BCUT2D eigenvalue weighted by Crippen LogP contribution is -2.14. The average molecular weight is 304 g/mol. The fourth-order valence-electron chi connectivity index (χ4n) is 3.07. The number of methoxy groups -OCH3 is 1. The lowest BCUT2D eigenvalue weighted by Gasteiger charge is -2.07. The van der Waals surface area contributed by atoms with Crippen LogP contribution in [-0.2, 0) is 6.54 Å². The molecule has 0 fully saturated rings. The van der Waals surface area contributed by atoms with Crippen molar-refractivity contribution < 1.29 is 4.74 Å². The highest BCUT2D eigenvalue weighted by Gasteiger charge is 2.20. The summed E-state index contributed by atoms with van der Waals surface area (Å²) in [6, 6.07) is 15.5. The van der Waals surface area contributed by atoms with Gasteiger partial charge in [0.15, 0.2) is 0 Å². The maximum atomic E-state index is 12.3. The van der Waals surface area contributed by atoms with Gasteiger partial charge in [0.1, 0.15) is 11.6 Å². The van der Waals surface area contributed by atoms with Gasteiger partial charge >= 0.3 is 0 Å². The molecule has 4 nitrogen and oxygen atoms in total. The average Bonchev–Trinajstić information content (AvgIpc) is 2.99. The van der Waals surface area contributed by atoms with Gasteiger partial charge in [-0.25, -0.2) is 0 Å². The van der Waals surface area contributed by atoms with Crippen molar-refractivity contribution in [3.63, 3.8) is 0 Å². The van der Waals surface area contributed by atoms with E-state index < -0.39 is 0 Å². The Bertz CT molecular complexity index is 969. The summed E-state index contributed by atoms with van der Waals surface area (Å²) in [7, 11) is 1.65. The highest BCUT2D eigenvalue weighted by atomic mass is 16.5. The molecular weight excluding hydrogens is 288 g/mol. The van der Waals surface area contributed by atoms with Crippen molar-refractivity contribution >= 4 is 22.6 Å². The number of allylic oxidation sites excluding steroid dienone is 1. The normalized spacial score (nSPS) is 15.1. The first kappa shape index (κ1) is 13.8. The van der Waals surface area contributed by atoms with Gasteiger partial charge in [0, 0.05) is 6.54 Å². The van der Waals surface area contributed by atoms with E-state index in [0.717, 1.165) is 41.2 Å². The number of hydrogen-bond acceptors (Lipinski definition) is 3. The number of nitrogens with zero attached hydrogens (tertiary/aromatic N) is 2. The molecule has 0 bridgehead atoms. The molecule has 0 radical (unpaired) electrons. The van der Waals surface area contributed by atoms with E-state index >= 15 is 0 Å². The zero-order valence-corrected chi connectivity index (χ0v) is 12.8. The molecule has 0 N–H and O–H groups in total. The van der Waals surface area contributed by atoms with E-state index in [1.807, 2.05) is 48.5 Å². The smallest absolute Gasteiger partial charge is 0.281 e. The van der Waals surface area contributed by atoms with Crippen LogP contribution in [0.2, 0.25) is 0 Å². The van der Waals surface area contributed by atoms with E-state index in [4.69, 9.17) is 4.74 Å². The molecule has 1 aromatic heterocycles. The van der Waals surface area contributed by atoms with Crippen LogP contribution in [0.25, 0.3) is 22.6 Å². The Hall–Kier alpha value is -2.88. The Morgan fingerprint density at radius 2 is 1.91 bits per heavy atom. The number of aromatic nitrogens is 2. The largest absolute Gasteiger partial charge is 0.497 e. The van der Waals surface area contributed by atoms with Crippen LogP contribution in [0.1, 0.15) is 17.8 Å². The molecule has 0 saturated carbocycles. The van der Waals surface area contributed by atoms with Gasteiger partial charge in [-0.05, 0) is 47.9 Å². The summed E-state index contributed by atoms with van der Waals surface area (Å²) in [6.45, 7) is 0.852. The minimum absolute atomic E-state index is 0.158. The zero-order chi connectivity index (χ0) is 15.8. The zero-order valence-electron chi connectivity index (χ0n) is 12.8. The molecule has 0 aliphatic carbocycles. The molecule has 2 heterocycles. The van der Waals surface area contributed by atoms with Gasteiger partial charge in [0.25, 0.3) is 5.56 Å². The SMILES string of the molecule is COc1ccc(/C=C2\CCn3c2nc(=O)c2ccccc23)cc1. The van der Waals surface area contributed by atoms with E-state index in [2.05, 4.69) is 15.6 Å². The summed E-state index contributed by atoms with van der Waals surface area (Å²) in [4.78, 5) is 16.6. The topological polar surface area (TPSA) is 44.1 Å². The van der Waals surface area contributed by atoms with Crippen LogP contribution >= 0.6 is 0 Å². The second-order valence-electron chi connectivity index (χ2n) is 5.60. The second kappa shape index (κ2) is 5.39. The number of benzene rings is 2. The van der Waals surface area contributed by atoms with Crippen LogP contribution in [-0.4, -0.2) is 16.7 Å². The molecule has 2 aromatic carbocycles. The minimum Gasteiger partial charge on any atom is -0.497 e. The Kier molecular flexibility index (Phi) is 3.23. The van der Waals surface area contributed by atoms with E-state index in [0.29, 0.717) is 5.39 Å². The lowest BCUT2D eigenvalue weighted by atomic mass is 10.1. The van der Waals surface area contributed by atoms with Gasteiger partial charge < -0.3 is 9.30 Å². The summed E-state index contributed by atoms with van der Waals surface area (Å²) >= 11 is 0. The third-order valence-corrected chi connectivity index (χ3v) is 4.24. The molecule has 0 amide bonds. The van der Waals surface area contributed by atoms with Gasteiger partial charge in [-0.3, -0.25) is 4.79 Å². The summed E-state index contributed by atoms with van der Waals surface area (Å²) in [5.74, 6) is 1.61. The number of hydrogen-bond donors (Lipinski definition) is 0. The molecule has 3 aromatic rings. The van der Waals surface area contributed by atoms with Crippen LogP contribution in [0.4, 0.5) is 0 Å². The number of ether oxygens (including phenoxy) is 1. The maximum absolute atomic E-state index is 12.3. The molecule has 114 valence electrons. The van der Waals surface area contributed by atoms with Crippen molar-refractivity contribution in [2.45, 2.75) is 13.0 Å². The van der Waals surface area contributed by atoms with Crippen molar-refractivity contribution in [3.05, 3.63) is 70.3 Å². The van der Waals surface area contributed by atoms with Gasteiger partial charge in [0.2, 0.25) is 0 Å². The lowest BCUT2D eigenvalue weighted by molar-refractivity contribution is 0.415. The molecule has 1 aliphatic rings. The Morgan fingerprint density at radius 3 is 2.70 bits per heavy atom. The van der Waals surface area contributed by atoms with E-state index in [1.165, 1.54) is 0 Å². The van der Waals surface area contributed by atoms with Crippen molar-refractivity contribution in [1.29, 1.82) is 0 Å². The summed E-state index contributed by atoms with van der Waals surface area (Å²) < 4.78 is 7.31. The maximum Gasteiger partial charge on any atom is 0.281 e. The predicted molar refractivity (Wildman–Crippen MR) is 91.5 cm³/mol. The first-order valence-corrected chi connectivity index (χ1v) is 7.61. The Labute approximate surface area is 133 Å². The molecular formula is C19H16N2O2. The number of para-hydroxylation sites is 1. The number of rotatable bonds is 2. The highest BCUT2D eigenvalue weighted by molar-refractivity contribution is 5.85. The summed E-state index contributed by atoms with van der Waals surface area (Å²) in [5, 5.41) is 0.682. The van der Waals surface area contributed by atoms with Crippen LogP contribution in [0.15, 0.2) is 53.3 Å². The molecule has 0 atom stereocenters. The second-order valence-corrected chi connectivity index (χ2v) is 5.60. The standard InChI is InChI=1S/C19H16N2O2/c1-23-15-8-6-13(7-9-15)12-14-10-11-21-17-5-3-2-4-16(17)19(22)20-18(14)21/h2-9,12H,10-11H2,1H3/b14-12+. The molecule has 0 spiro atoms. The third-order valence-electron chi connectivity index (χ3n) is 4.24. The van der Waals surface area contributed by atoms with Crippen molar-refractivity contribution in [2.24, 2.45) is 0 Å². The van der Waals surface area contributed by atoms with Crippen molar-refractivity contribution in [2.75, 3.05) is 7.11 Å². The third kappa shape index (κ3) is 2.32. The van der Waals surface area contributed by atoms with E-state index in [1.54, 1.807) is 7.11 Å². The molecule has 4 heteroatoms. The molecule has 4 rings (SSSR count). The van der Waals surface area contributed by atoms with Gasteiger partial charge in [-0.1, -0.05) is 24.3 Å². The summed E-state index contributed by atoms with van der Waals surface area (Å²) in [6.07, 6.45) is 2.98. The van der Waals surface area contributed by atoms with Crippen LogP contribution in [0.3, 0.4) is 0 Å². The number of aryl methyl sites for hydroxylation is 1. The van der Waals surface area contributed by atoms with E-state index in [-0.39, 0.29) is 5.56 Å². The number of fused-ring (bicyclic) bond motifs is 3. The molecule has 1 aliphatic heterocycles. The summed E-state index contributed by atoms with van der Waals surface area (Å²) in [5.41, 5.74) is 2.98. The first-order valence-electron chi connectivity index (χ1n) is 7.61. The van der Waals surface area contributed by atoms with E-state index in [9.17, 15) is 4.79 Å². The Morgan fingerprint density at radius 1 is 1.13 bits per heavy atom. The quantitative estimate of drug-likeness (QED) is 0.729. The Balaban J connectivity index is 1.83. The van der Waals surface area contributed by atoms with Crippen molar-refractivity contribution in [3.8, 4) is 5.75 Å². The monoisotopic (exact) mass is 304 g/mol. The minimum atomic E-state index is -0.158. The first-order chi connectivity index (χ1) is 11.3. The van der Waals surface area contributed by atoms with Crippen LogP contribution in [0, 0.1) is 0 Å². The fraction of sp³-hybridized carbons (Fsp3) is 0.158. The predicted octanol–water partition coefficient (Wildman–Crippen LogP) is 3.35. The van der Waals surface area contributed by atoms with Gasteiger partial charge in [-0.2, -0.15) is 4.98 Å². The van der Waals surface area contributed by atoms with Crippen LogP contribution < -0.4 is 10.3 Å².